The van der Waals surface area contributed by atoms with Crippen molar-refractivity contribution in [3.8, 4) is 22.8 Å². The number of allylic oxidation sites excluding steroid dienone is 1. The summed E-state index contributed by atoms with van der Waals surface area (Å²) in [6.07, 6.45) is 0. The van der Waals surface area contributed by atoms with Gasteiger partial charge in [-0.2, -0.15) is 0 Å². The van der Waals surface area contributed by atoms with Crippen LogP contribution in [0.1, 0.15) is 18.1 Å². The molecule has 4 aromatic rings. The maximum Gasteiger partial charge on any atom is 0.428 e. The van der Waals surface area contributed by atoms with Gasteiger partial charge in [0.1, 0.15) is 29.7 Å². The highest BCUT2D eigenvalue weighted by Gasteiger charge is 2.31. The Kier molecular flexibility index (Phi) is 7.26. The van der Waals surface area contributed by atoms with Crippen molar-refractivity contribution >= 4 is 39.4 Å². The van der Waals surface area contributed by atoms with E-state index in [0.717, 1.165) is 22.8 Å². The second-order valence-corrected chi connectivity index (χ2v) is 10.1. The highest BCUT2D eigenvalue weighted by atomic mass is 32.2. The first-order valence-corrected chi connectivity index (χ1v) is 13.1. The van der Waals surface area contributed by atoms with Crippen molar-refractivity contribution in [3.05, 3.63) is 98.8 Å². The van der Waals surface area contributed by atoms with Crippen LogP contribution < -0.4 is 19.9 Å². The van der Waals surface area contributed by atoms with Crippen molar-refractivity contribution in [2.24, 2.45) is 7.05 Å². The van der Waals surface area contributed by atoms with E-state index in [0.29, 0.717) is 38.4 Å². The summed E-state index contributed by atoms with van der Waals surface area (Å²) in [6, 6.07) is 19.0. The molecule has 0 spiro atoms. The van der Waals surface area contributed by atoms with Crippen molar-refractivity contribution in [2.75, 3.05) is 13.2 Å². The van der Waals surface area contributed by atoms with Gasteiger partial charge in [-0.3, -0.25) is 4.79 Å². The molecule has 0 aliphatic carbocycles. The summed E-state index contributed by atoms with van der Waals surface area (Å²) in [5.74, 6) is 0.0322. The molecule has 5 rings (SSSR count). The molecule has 1 aliphatic heterocycles. The Balaban J connectivity index is 1.39. The van der Waals surface area contributed by atoms with Gasteiger partial charge in [0, 0.05) is 29.8 Å². The third-order valence-electron chi connectivity index (χ3n) is 6.54. The fourth-order valence-corrected chi connectivity index (χ4v) is 5.36. The summed E-state index contributed by atoms with van der Waals surface area (Å²) >= 11 is 0.984. The minimum Gasteiger partial charge on any atom is -0.490 e. The number of aromatic nitrogens is 1. The molecule has 1 aromatic heterocycles. The molecule has 9 heteroatoms. The van der Waals surface area contributed by atoms with E-state index in [1.54, 1.807) is 44.2 Å². The van der Waals surface area contributed by atoms with Crippen molar-refractivity contribution in [3.63, 3.8) is 0 Å². The SMILES string of the molecule is C/C(=C1\SC(O)=[NH+]C1=O)c1cccc(OCCOc2c(-c3ccc(F)cc3C)n(C)c3ccccc3c2=O)c1. The second kappa shape index (κ2) is 10.8. The van der Waals surface area contributed by atoms with Crippen molar-refractivity contribution in [1.29, 1.82) is 0 Å². The molecule has 2 N–H and O–H groups in total. The van der Waals surface area contributed by atoms with E-state index in [9.17, 15) is 19.1 Å². The number of rotatable bonds is 7. The predicted octanol–water partition coefficient (Wildman–Crippen LogP) is 4.11. The number of thioether (sulfide) groups is 1. The highest BCUT2D eigenvalue weighted by molar-refractivity contribution is 8.17. The van der Waals surface area contributed by atoms with Crippen molar-refractivity contribution < 1.29 is 28.8 Å². The molecule has 7 nitrogen and oxygen atoms in total. The van der Waals surface area contributed by atoms with Crippen LogP contribution in [0.3, 0.4) is 0 Å². The summed E-state index contributed by atoms with van der Waals surface area (Å²) in [6.45, 7) is 3.84. The number of hydrogen-bond acceptors (Lipinski definition) is 5. The number of hydrogen-bond donors (Lipinski definition) is 2. The van der Waals surface area contributed by atoms with Gasteiger partial charge < -0.3 is 19.1 Å². The number of fused-ring (bicyclic) bond motifs is 1. The number of carbonyl (C=O) groups is 1. The standard InChI is InChI=1S/C30H25FN2O5S/c1-17-15-20(31)11-12-22(17)25-27(26(34)23-9-4-5-10-24(23)33(25)3)38-14-13-37-21-8-6-7-19(16-21)18(2)28-29(35)32-30(36)39-28/h4-12,15-16H,13-14H2,1-3H3,(H,32,35,36)/p+1/b28-18+. The Bertz CT molecular complexity index is 1740. The second-order valence-electron chi connectivity index (χ2n) is 9.08. The monoisotopic (exact) mass is 545 g/mol. The van der Waals surface area contributed by atoms with Gasteiger partial charge in [-0.1, -0.05) is 24.3 Å². The fraction of sp³-hybridized carbons (Fsp3) is 0.167. The van der Waals surface area contributed by atoms with Crippen LogP contribution in [0.25, 0.3) is 27.7 Å². The lowest BCUT2D eigenvalue weighted by Gasteiger charge is -2.19. The number of benzene rings is 3. The van der Waals surface area contributed by atoms with Gasteiger partial charge in [-0.05, 0) is 73.0 Å². The number of aliphatic hydroxyl groups is 1. The van der Waals surface area contributed by atoms with Crippen LogP contribution in [0, 0.1) is 12.7 Å². The summed E-state index contributed by atoms with van der Waals surface area (Å²) < 4.78 is 27.7. The molecule has 39 heavy (non-hydrogen) atoms. The van der Waals surface area contributed by atoms with E-state index in [2.05, 4.69) is 4.99 Å². The molecule has 0 bridgehead atoms. The number of aliphatic hydroxyl groups excluding tert-OH is 1. The Morgan fingerprint density at radius 3 is 2.54 bits per heavy atom. The largest absolute Gasteiger partial charge is 0.490 e. The number of para-hydroxylation sites is 1. The molecular weight excluding hydrogens is 519 g/mol. The Morgan fingerprint density at radius 2 is 1.79 bits per heavy atom. The molecular formula is C30H26FN2O5S+. The van der Waals surface area contributed by atoms with Crippen LogP contribution >= 0.6 is 11.8 Å². The third-order valence-corrected chi connectivity index (χ3v) is 7.53. The summed E-state index contributed by atoms with van der Waals surface area (Å²) in [4.78, 5) is 28.4. The normalized spacial score (nSPS) is 14.5. The van der Waals surface area contributed by atoms with E-state index in [1.165, 1.54) is 12.1 Å². The number of aryl methyl sites for hydroxylation is 2. The van der Waals surface area contributed by atoms with Gasteiger partial charge in [0.05, 0.1) is 11.2 Å². The van der Waals surface area contributed by atoms with Gasteiger partial charge >= 0.3 is 11.1 Å². The topological polar surface area (TPSA) is 91.7 Å². The number of nitrogens with zero attached hydrogens (tertiary/aromatic N) is 1. The lowest BCUT2D eigenvalue weighted by molar-refractivity contribution is -0.374. The number of ether oxygens (including phenoxy) is 2. The van der Waals surface area contributed by atoms with Crippen LogP contribution in [0.4, 0.5) is 4.39 Å². The molecule has 3 aromatic carbocycles. The summed E-state index contributed by atoms with van der Waals surface area (Å²) in [5, 5.41) is 9.98. The molecule has 2 heterocycles. The van der Waals surface area contributed by atoms with E-state index in [4.69, 9.17) is 9.47 Å². The maximum atomic E-state index is 13.9. The number of nitrogens with one attached hydrogen (secondary N) is 1. The van der Waals surface area contributed by atoms with Gasteiger partial charge in [0.2, 0.25) is 5.43 Å². The summed E-state index contributed by atoms with van der Waals surface area (Å²) in [7, 11) is 1.85. The maximum absolute atomic E-state index is 13.9. The van der Waals surface area contributed by atoms with Crippen LogP contribution in [-0.2, 0) is 11.8 Å². The number of pyridine rings is 1. The first-order chi connectivity index (χ1) is 18.7. The van der Waals surface area contributed by atoms with Gasteiger partial charge in [-0.15, -0.1) is 4.99 Å². The Morgan fingerprint density at radius 1 is 1.03 bits per heavy atom. The average molecular weight is 546 g/mol. The highest BCUT2D eigenvalue weighted by Crippen LogP contribution is 2.33. The predicted molar refractivity (Wildman–Crippen MR) is 151 cm³/mol. The van der Waals surface area contributed by atoms with Crippen molar-refractivity contribution in [2.45, 2.75) is 13.8 Å². The number of carbonyl (C=O) groups excluding carboxylic acids is 1. The third kappa shape index (κ3) is 5.18. The number of halogens is 1. The zero-order valence-electron chi connectivity index (χ0n) is 21.6. The molecule has 0 atom stereocenters. The molecule has 1 aliphatic rings. The van der Waals surface area contributed by atoms with E-state index < -0.39 is 0 Å². The fourth-order valence-electron chi connectivity index (χ4n) is 4.61. The zero-order valence-corrected chi connectivity index (χ0v) is 22.4. The molecule has 1 amide bonds. The Hall–Kier alpha value is -4.37. The van der Waals surface area contributed by atoms with E-state index in [-0.39, 0.29) is 41.3 Å². The molecule has 198 valence electrons. The van der Waals surface area contributed by atoms with Crippen LogP contribution in [0.2, 0.25) is 0 Å². The Labute approximate surface area is 228 Å². The molecule has 0 saturated carbocycles. The quantitative estimate of drug-likeness (QED) is 0.268. The van der Waals surface area contributed by atoms with Crippen LogP contribution in [0.5, 0.6) is 11.5 Å². The van der Waals surface area contributed by atoms with Gasteiger partial charge in [-0.25, -0.2) is 9.18 Å². The zero-order chi connectivity index (χ0) is 27.7. The van der Waals surface area contributed by atoms with Crippen LogP contribution in [-0.4, -0.2) is 34.0 Å². The average Bonchev–Trinajstić information content (AvgIpc) is 3.27. The lowest BCUT2D eigenvalue weighted by Crippen LogP contribution is -2.73. The van der Waals surface area contributed by atoms with Gasteiger partial charge in [0.15, 0.2) is 5.75 Å². The first-order valence-electron chi connectivity index (χ1n) is 12.2. The lowest BCUT2D eigenvalue weighted by atomic mass is 10.0. The van der Waals surface area contributed by atoms with Crippen LogP contribution in [0.15, 0.2) is 76.4 Å². The number of amides is 1. The molecule has 0 fully saturated rings. The van der Waals surface area contributed by atoms with E-state index >= 15 is 0 Å². The molecule has 0 unspecified atom stereocenters. The minimum absolute atomic E-state index is 0.0895. The van der Waals surface area contributed by atoms with Gasteiger partial charge in [0.25, 0.3) is 0 Å². The van der Waals surface area contributed by atoms with E-state index in [1.807, 2.05) is 35.9 Å². The molecule has 0 saturated heterocycles. The minimum atomic E-state index is -0.354. The van der Waals surface area contributed by atoms with Crippen molar-refractivity contribution in [1.82, 2.24) is 4.57 Å². The molecule has 0 radical (unpaired) electrons. The first kappa shape index (κ1) is 26.2. The smallest absolute Gasteiger partial charge is 0.428 e. The summed E-state index contributed by atoms with van der Waals surface area (Å²) in [5.41, 5.74) is 3.92.